The van der Waals surface area contributed by atoms with E-state index in [1.54, 1.807) is 11.4 Å². The summed E-state index contributed by atoms with van der Waals surface area (Å²) >= 11 is 1.39. The Morgan fingerprint density at radius 1 is 1.40 bits per heavy atom. The number of carbonyl (C=O) groups excluding carboxylic acids is 1. The third kappa shape index (κ3) is 3.41. The number of hydrogen-bond donors (Lipinski definition) is 2. The number of hydrogen-bond acceptors (Lipinski definition) is 5. The van der Waals surface area contributed by atoms with Crippen molar-refractivity contribution < 1.29 is 14.7 Å². The lowest BCUT2D eigenvalue weighted by Gasteiger charge is -2.06. The van der Waals surface area contributed by atoms with E-state index >= 15 is 0 Å². The third-order valence-electron chi connectivity index (χ3n) is 2.69. The average molecular weight is 295 g/mol. The van der Waals surface area contributed by atoms with Crippen molar-refractivity contribution in [2.24, 2.45) is 0 Å². The Labute approximate surface area is 117 Å². The van der Waals surface area contributed by atoms with E-state index in [2.05, 4.69) is 10.3 Å². The van der Waals surface area contributed by atoms with E-state index in [-0.39, 0.29) is 37.4 Å². The number of thiophene rings is 1. The molecule has 0 spiro atoms. The SMILES string of the molecule is O=C(O)CCNC(=O)CCn1cnc2sccc2c1=O. The highest BCUT2D eigenvalue weighted by Gasteiger charge is 2.07. The summed E-state index contributed by atoms with van der Waals surface area (Å²) in [6, 6.07) is 1.71. The Kier molecular flexibility index (Phi) is 4.46. The molecule has 8 heteroatoms. The topological polar surface area (TPSA) is 101 Å². The Bertz CT molecular complexity index is 691. The van der Waals surface area contributed by atoms with Gasteiger partial charge in [-0.1, -0.05) is 0 Å². The standard InChI is InChI=1S/C12H13N3O4S/c16-9(13-4-1-10(17)18)2-5-15-7-14-11-8(12(15)19)3-6-20-11/h3,6-7H,1-2,4-5H2,(H,13,16)(H,17,18). The van der Waals surface area contributed by atoms with Crippen molar-refractivity contribution in [3.63, 3.8) is 0 Å². The van der Waals surface area contributed by atoms with Gasteiger partial charge in [0.25, 0.3) is 5.56 Å². The largest absolute Gasteiger partial charge is 0.481 e. The number of aryl methyl sites for hydroxylation is 1. The van der Waals surface area contributed by atoms with Crippen molar-refractivity contribution >= 4 is 33.4 Å². The molecule has 0 aliphatic heterocycles. The molecule has 7 nitrogen and oxygen atoms in total. The monoisotopic (exact) mass is 295 g/mol. The molecule has 106 valence electrons. The Balaban J connectivity index is 1.92. The molecule has 0 radical (unpaired) electrons. The summed E-state index contributed by atoms with van der Waals surface area (Å²) in [7, 11) is 0. The zero-order valence-electron chi connectivity index (χ0n) is 10.5. The number of amides is 1. The summed E-state index contributed by atoms with van der Waals surface area (Å²) in [6.07, 6.45) is 1.41. The molecule has 2 aromatic rings. The number of carbonyl (C=O) groups is 2. The van der Waals surface area contributed by atoms with Gasteiger partial charge in [-0.25, -0.2) is 4.98 Å². The lowest BCUT2D eigenvalue weighted by Crippen LogP contribution is -2.29. The van der Waals surface area contributed by atoms with Gasteiger partial charge in [-0.2, -0.15) is 0 Å². The third-order valence-corrected chi connectivity index (χ3v) is 3.51. The highest BCUT2D eigenvalue weighted by molar-refractivity contribution is 7.16. The molecule has 0 atom stereocenters. The van der Waals surface area contributed by atoms with Crippen LogP contribution in [0.3, 0.4) is 0 Å². The molecule has 0 bridgehead atoms. The summed E-state index contributed by atoms with van der Waals surface area (Å²) < 4.78 is 1.38. The van der Waals surface area contributed by atoms with E-state index in [1.165, 1.54) is 22.2 Å². The summed E-state index contributed by atoms with van der Waals surface area (Å²) in [5, 5.41) is 13.3. The first kappa shape index (κ1) is 14.2. The maximum Gasteiger partial charge on any atom is 0.305 e. The predicted octanol–water partition coefficient (Wildman–Crippen LogP) is 0.439. The molecule has 0 aromatic carbocycles. The fourth-order valence-electron chi connectivity index (χ4n) is 1.67. The predicted molar refractivity (Wildman–Crippen MR) is 73.8 cm³/mol. The minimum Gasteiger partial charge on any atom is -0.481 e. The second kappa shape index (κ2) is 6.29. The van der Waals surface area contributed by atoms with Crippen LogP contribution in [-0.4, -0.2) is 33.1 Å². The van der Waals surface area contributed by atoms with E-state index in [9.17, 15) is 14.4 Å². The first-order valence-electron chi connectivity index (χ1n) is 5.99. The van der Waals surface area contributed by atoms with Gasteiger partial charge in [-0.15, -0.1) is 11.3 Å². The fourth-order valence-corrected chi connectivity index (χ4v) is 2.40. The van der Waals surface area contributed by atoms with Crippen molar-refractivity contribution in [1.29, 1.82) is 0 Å². The maximum absolute atomic E-state index is 12.0. The molecule has 2 heterocycles. The molecule has 20 heavy (non-hydrogen) atoms. The summed E-state index contributed by atoms with van der Waals surface area (Å²) in [6.45, 7) is 0.307. The van der Waals surface area contributed by atoms with Crippen molar-refractivity contribution in [1.82, 2.24) is 14.9 Å². The van der Waals surface area contributed by atoms with Crippen LogP contribution in [0, 0.1) is 0 Å². The molecular weight excluding hydrogens is 282 g/mol. The number of aromatic nitrogens is 2. The van der Waals surface area contributed by atoms with Crippen molar-refractivity contribution in [2.75, 3.05) is 6.54 Å². The Morgan fingerprint density at radius 2 is 2.20 bits per heavy atom. The molecular formula is C12H13N3O4S. The van der Waals surface area contributed by atoms with Crippen LogP contribution in [0.15, 0.2) is 22.6 Å². The van der Waals surface area contributed by atoms with Crippen LogP contribution in [0.4, 0.5) is 0 Å². The lowest BCUT2D eigenvalue weighted by molar-refractivity contribution is -0.136. The molecule has 0 unspecified atom stereocenters. The van der Waals surface area contributed by atoms with Crippen LogP contribution in [0.25, 0.3) is 10.2 Å². The smallest absolute Gasteiger partial charge is 0.305 e. The molecule has 2 aromatic heterocycles. The lowest BCUT2D eigenvalue weighted by atomic mass is 10.3. The molecule has 0 aliphatic carbocycles. The molecule has 0 saturated carbocycles. The number of carboxylic acids is 1. The van der Waals surface area contributed by atoms with E-state index in [1.807, 2.05) is 0 Å². The van der Waals surface area contributed by atoms with Crippen LogP contribution < -0.4 is 10.9 Å². The molecule has 0 saturated heterocycles. The number of fused-ring (bicyclic) bond motifs is 1. The van der Waals surface area contributed by atoms with E-state index in [0.29, 0.717) is 10.2 Å². The normalized spacial score (nSPS) is 10.6. The van der Waals surface area contributed by atoms with Crippen molar-refractivity contribution in [3.8, 4) is 0 Å². The number of rotatable bonds is 6. The van der Waals surface area contributed by atoms with Gasteiger partial charge in [-0.05, 0) is 11.4 Å². The molecule has 0 aliphatic rings. The first-order chi connectivity index (χ1) is 9.58. The van der Waals surface area contributed by atoms with Crippen molar-refractivity contribution in [3.05, 3.63) is 28.1 Å². The van der Waals surface area contributed by atoms with E-state index in [0.717, 1.165) is 0 Å². The second-order valence-corrected chi connectivity index (χ2v) is 5.02. The number of carboxylic acid groups (broad SMARTS) is 1. The second-order valence-electron chi connectivity index (χ2n) is 4.13. The van der Waals surface area contributed by atoms with Gasteiger partial charge in [0, 0.05) is 19.5 Å². The number of nitrogens with zero attached hydrogens (tertiary/aromatic N) is 2. The van der Waals surface area contributed by atoms with Crippen molar-refractivity contribution in [2.45, 2.75) is 19.4 Å². The van der Waals surface area contributed by atoms with E-state index < -0.39 is 5.97 Å². The first-order valence-corrected chi connectivity index (χ1v) is 6.87. The van der Waals surface area contributed by atoms with Gasteiger partial charge in [0.1, 0.15) is 4.83 Å². The summed E-state index contributed by atoms with van der Waals surface area (Å²) in [4.78, 5) is 38.6. The van der Waals surface area contributed by atoms with E-state index in [4.69, 9.17) is 5.11 Å². The van der Waals surface area contributed by atoms with Gasteiger partial charge in [0.05, 0.1) is 18.1 Å². The zero-order chi connectivity index (χ0) is 14.5. The van der Waals surface area contributed by atoms with Gasteiger partial charge >= 0.3 is 5.97 Å². The van der Waals surface area contributed by atoms with Gasteiger partial charge in [0.2, 0.25) is 5.91 Å². The summed E-state index contributed by atoms with van der Waals surface area (Å²) in [5.41, 5.74) is -0.172. The highest BCUT2D eigenvalue weighted by Crippen LogP contribution is 2.13. The minimum absolute atomic E-state index is 0.0882. The highest BCUT2D eigenvalue weighted by atomic mass is 32.1. The van der Waals surface area contributed by atoms with Gasteiger partial charge < -0.3 is 10.4 Å². The number of aliphatic carboxylic acids is 1. The minimum atomic E-state index is -0.964. The number of nitrogens with one attached hydrogen (secondary N) is 1. The zero-order valence-corrected chi connectivity index (χ0v) is 11.4. The van der Waals surface area contributed by atoms with Crippen LogP contribution in [0.2, 0.25) is 0 Å². The maximum atomic E-state index is 12.0. The van der Waals surface area contributed by atoms with Crippen LogP contribution in [-0.2, 0) is 16.1 Å². The fraction of sp³-hybridized carbons (Fsp3) is 0.333. The van der Waals surface area contributed by atoms with Gasteiger partial charge in [-0.3, -0.25) is 19.0 Å². The molecule has 2 rings (SSSR count). The van der Waals surface area contributed by atoms with Crippen LogP contribution >= 0.6 is 11.3 Å². The molecule has 1 amide bonds. The Hall–Kier alpha value is -2.22. The van der Waals surface area contributed by atoms with Crippen LogP contribution in [0.5, 0.6) is 0 Å². The molecule has 0 fully saturated rings. The molecule has 2 N–H and O–H groups in total. The van der Waals surface area contributed by atoms with Crippen LogP contribution in [0.1, 0.15) is 12.8 Å². The summed E-state index contributed by atoms with van der Waals surface area (Å²) in [5.74, 6) is -1.25. The Morgan fingerprint density at radius 3 is 2.95 bits per heavy atom. The average Bonchev–Trinajstić information content (AvgIpc) is 2.86. The van der Waals surface area contributed by atoms with Gasteiger partial charge in [0.15, 0.2) is 0 Å². The quantitative estimate of drug-likeness (QED) is 0.805.